The highest BCUT2D eigenvalue weighted by Gasteiger charge is 2.10. The maximum absolute atomic E-state index is 6.01. The molecular weight excluding hydrogens is 476 g/mol. The van der Waals surface area contributed by atoms with Crippen molar-refractivity contribution in [3.05, 3.63) is 66.9 Å². The first kappa shape index (κ1) is 26.5. The molecule has 0 radical (unpaired) electrons. The Morgan fingerprint density at radius 2 is 1.22 bits per heavy atom. The van der Waals surface area contributed by atoms with Crippen molar-refractivity contribution in [1.29, 1.82) is 0 Å². The van der Waals surface area contributed by atoms with Crippen LogP contribution in [0.1, 0.15) is 0 Å². The van der Waals surface area contributed by atoms with Crippen molar-refractivity contribution in [1.82, 2.24) is 4.98 Å². The lowest BCUT2D eigenvalue weighted by Gasteiger charge is -2.16. The molecule has 0 saturated carbocycles. The third-order valence-corrected chi connectivity index (χ3v) is 5.12. The Morgan fingerprint density at radius 3 is 1.89 bits per heavy atom. The van der Waals surface area contributed by atoms with Gasteiger partial charge >= 0.3 is 0 Å². The number of para-hydroxylation sites is 1. The third-order valence-electron chi connectivity index (χ3n) is 5.12. The normalized spacial score (nSPS) is 16.5. The molecule has 2 aromatic carbocycles. The van der Waals surface area contributed by atoms with Crippen molar-refractivity contribution in [3.8, 4) is 11.5 Å². The van der Waals surface area contributed by atoms with Gasteiger partial charge < -0.3 is 33.7 Å². The van der Waals surface area contributed by atoms with E-state index in [0.29, 0.717) is 89.1 Å². The number of rotatable bonds is 4. The van der Waals surface area contributed by atoms with E-state index in [-0.39, 0.29) is 0 Å². The summed E-state index contributed by atoms with van der Waals surface area (Å²) in [7, 11) is 0. The SMILES string of the molecule is c1ccc(N=Nc2ccccc2Nc2ccc3c(c2)OCCOCCOCCOCCOCCO3)nc1. The number of pyridine rings is 1. The van der Waals surface area contributed by atoms with Gasteiger partial charge in [-0.2, -0.15) is 0 Å². The van der Waals surface area contributed by atoms with Gasteiger partial charge in [-0.1, -0.05) is 18.2 Å². The molecule has 10 nitrogen and oxygen atoms in total. The smallest absolute Gasteiger partial charge is 0.174 e. The van der Waals surface area contributed by atoms with Crippen molar-refractivity contribution >= 4 is 22.9 Å². The summed E-state index contributed by atoms with van der Waals surface area (Å²) in [5, 5.41) is 12.0. The first-order chi connectivity index (χ1) is 18.4. The molecular formula is C27H32N4O6. The minimum absolute atomic E-state index is 0.369. The number of azo groups is 1. The van der Waals surface area contributed by atoms with Crippen molar-refractivity contribution in [2.75, 3.05) is 71.4 Å². The molecule has 1 aromatic heterocycles. The van der Waals surface area contributed by atoms with Crippen LogP contribution >= 0.6 is 0 Å². The van der Waals surface area contributed by atoms with E-state index in [9.17, 15) is 0 Å². The minimum atomic E-state index is 0.369. The van der Waals surface area contributed by atoms with Gasteiger partial charge in [0.25, 0.3) is 0 Å². The average molecular weight is 509 g/mol. The molecule has 0 atom stereocenters. The molecule has 37 heavy (non-hydrogen) atoms. The number of aromatic nitrogens is 1. The van der Waals surface area contributed by atoms with Crippen LogP contribution in [0.25, 0.3) is 0 Å². The number of ether oxygens (including phenoxy) is 6. The zero-order valence-electron chi connectivity index (χ0n) is 20.7. The Balaban J connectivity index is 1.43. The Bertz CT molecular complexity index is 1100. The van der Waals surface area contributed by atoms with Crippen LogP contribution in [-0.4, -0.2) is 71.1 Å². The molecule has 196 valence electrons. The number of anilines is 2. The fourth-order valence-corrected chi connectivity index (χ4v) is 3.34. The lowest BCUT2D eigenvalue weighted by molar-refractivity contribution is -0.00841. The molecule has 0 unspecified atom stereocenters. The number of nitrogens with one attached hydrogen (secondary N) is 1. The van der Waals surface area contributed by atoms with Crippen LogP contribution in [-0.2, 0) is 18.9 Å². The number of benzene rings is 2. The molecule has 0 fully saturated rings. The third kappa shape index (κ3) is 9.43. The van der Waals surface area contributed by atoms with Crippen LogP contribution in [0.3, 0.4) is 0 Å². The highest BCUT2D eigenvalue weighted by atomic mass is 16.6. The van der Waals surface area contributed by atoms with Crippen LogP contribution < -0.4 is 14.8 Å². The Morgan fingerprint density at radius 1 is 0.595 bits per heavy atom. The fourth-order valence-electron chi connectivity index (χ4n) is 3.34. The van der Waals surface area contributed by atoms with E-state index in [1.807, 2.05) is 54.6 Å². The van der Waals surface area contributed by atoms with Crippen LogP contribution in [0.4, 0.5) is 22.9 Å². The molecule has 0 bridgehead atoms. The van der Waals surface area contributed by atoms with Gasteiger partial charge in [0.15, 0.2) is 17.3 Å². The van der Waals surface area contributed by atoms with Gasteiger partial charge in [-0.05, 0) is 36.4 Å². The van der Waals surface area contributed by atoms with Crippen LogP contribution in [0, 0.1) is 0 Å². The van der Waals surface area contributed by atoms with Crippen LogP contribution in [0.2, 0.25) is 0 Å². The van der Waals surface area contributed by atoms with Crippen molar-refractivity contribution in [3.63, 3.8) is 0 Å². The summed E-state index contributed by atoms with van der Waals surface area (Å²) in [6.07, 6.45) is 1.68. The molecule has 0 amide bonds. The summed E-state index contributed by atoms with van der Waals surface area (Å²) in [5.41, 5.74) is 2.29. The van der Waals surface area contributed by atoms with Gasteiger partial charge in [0.05, 0.1) is 58.5 Å². The lowest BCUT2D eigenvalue weighted by Crippen LogP contribution is -2.16. The highest BCUT2D eigenvalue weighted by molar-refractivity contribution is 5.73. The summed E-state index contributed by atoms with van der Waals surface area (Å²) < 4.78 is 34.1. The van der Waals surface area contributed by atoms with Crippen molar-refractivity contribution < 1.29 is 28.4 Å². The van der Waals surface area contributed by atoms with E-state index in [0.717, 1.165) is 11.4 Å². The van der Waals surface area contributed by atoms with Gasteiger partial charge in [-0.3, -0.25) is 0 Å². The molecule has 1 aliphatic rings. The maximum Gasteiger partial charge on any atom is 0.174 e. The highest BCUT2D eigenvalue weighted by Crippen LogP contribution is 2.34. The Hall–Kier alpha value is -3.57. The summed E-state index contributed by atoms with van der Waals surface area (Å²) in [5.74, 6) is 1.76. The Kier molecular flexibility index (Phi) is 11.1. The zero-order chi connectivity index (χ0) is 25.4. The first-order valence-corrected chi connectivity index (χ1v) is 12.3. The molecule has 4 rings (SSSR count). The Labute approximate surface area is 216 Å². The largest absolute Gasteiger partial charge is 0.487 e. The van der Waals surface area contributed by atoms with Gasteiger partial charge in [-0.25, -0.2) is 4.98 Å². The second-order valence-corrected chi connectivity index (χ2v) is 7.84. The van der Waals surface area contributed by atoms with E-state index < -0.39 is 0 Å². The van der Waals surface area contributed by atoms with E-state index in [4.69, 9.17) is 28.4 Å². The topological polar surface area (TPSA) is 105 Å². The fraction of sp³-hybridized carbons (Fsp3) is 0.370. The number of fused-ring (bicyclic) bond motifs is 1. The number of hydrogen-bond acceptors (Lipinski definition) is 10. The second-order valence-electron chi connectivity index (χ2n) is 7.84. The molecule has 10 heteroatoms. The van der Waals surface area contributed by atoms with Gasteiger partial charge in [-0.15, -0.1) is 10.2 Å². The molecule has 3 aromatic rings. The summed E-state index contributed by atoms with van der Waals surface area (Å²) in [6, 6.07) is 18.8. The molecule has 0 aliphatic carbocycles. The van der Waals surface area contributed by atoms with E-state index in [1.165, 1.54) is 0 Å². The van der Waals surface area contributed by atoms with Gasteiger partial charge in [0.2, 0.25) is 0 Å². The molecule has 1 aliphatic heterocycles. The van der Waals surface area contributed by atoms with Crippen molar-refractivity contribution in [2.45, 2.75) is 0 Å². The standard InChI is InChI=1S/C27H32N4O6/c1-2-6-24(30-31-27-7-3-4-10-28-27)23(5-1)29-22-8-9-25-26(21-22)37-20-18-35-16-14-33-12-11-32-13-15-34-17-19-36-25/h1-10,21,29H,11-20H2. The van der Waals surface area contributed by atoms with E-state index >= 15 is 0 Å². The summed E-state index contributed by atoms with van der Waals surface area (Å²) >= 11 is 0. The van der Waals surface area contributed by atoms with E-state index in [2.05, 4.69) is 20.5 Å². The number of nitrogens with zero attached hydrogens (tertiary/aromatic N) is 3. The predicted molar refractivity (Wildman–Crippen MR) is 139 cm³/mol. The first-order valence-electron chi connectivity index (χ1n) is 12.3. The quantitative estimate of drug-likeness (QED) is 0.487. The second kappa shape index (κ2) is 15.5. The molecule has 0 saturated heterocycles. The average Bonchev–Trinajstić information content (AvgIpc) is 2.93. The van der Waals surface area contributed by atoms with Crippen LogP contribution in [0.5, 0.6) is 11.5 Å². The molecule has 1 N–H and O–H groups in total. The minimum Gasteiger partial charge on any atom is -0.487 e. The molecule has 2 heterocycles. The van der Waals surface area contributed by atoms with E-state index in [1.54, 1.807) is 12.3 Å². The van der Waals surface area contributed by atoms with Crippen molar-refractivity contribution in [2.24, 2.45) is 10.2 Å². The summed E-state index contributed by atoms with van der Waals surface area (Å²) in [6.45, 7) is 4.69. The van der Waals surface area contributed by atoms with Gasteiger partial charge in [0.1, 0.15) is 18.9 Å². The maximum atomic E-state index is 6.01. The van der Waals surface area contributed by atoms with Crippen LogP contribution in [0.15, 0.2) is 77.1 Å². The molecule has 0 spiro atoms. The monoisotopic (exact) mass is 508 g/mol. The predicted octanol–water partition coefficient (Wildman–Crippen LogP) is 5.08. The zero-order valence-corrected chi connectivity index (χ0v) is 20.7. The van der Waals surface area contributed by atoms with Gasteiger partial charge in [0, 0.05) is 18.0 Å². The summed E-state index contributed by atoms with van der Waals surface area (Å²) in [4.78, 5) is 4.19. The lowest BCUT2D eigenvalue weighted by atomic mass is 10.2. The number of hydrogen-bond donors (Lipinski definition) is 1.